The normalized spacial score (nSPS) is 9.50. The molecule has 0 aliphatic carbocycles. The second-order valence-corrected chi connectivity index (χ2v) is 1.96. The van der Waals surface area contributed by atoms with Crippen molar-refractivity contribution in [2.75, 3.05) is 13.7 Å². The highest BCUT2D eigenvalue weighted by Crippen LogP contribution is 2.15. The molecule has 0 saturated heterocycles. The fraction of sp³-hybridized carbons (Fsp3) is 0.429. The molecule has 0 radical (unpaired) electrons. The molecule has 1 rings (SSSR count). The van der Waals surface area contributed by atoms with Crippen LogP contribution in [0.15, 0.2) is 10.8 Å². The summed E-state index contributed by atoms with van der Waals surface area (Å²) in [5.74, 6) is -0.343. The average molecular weight is 171 g/mol. The van der Waals surface area contributed by atoms with Crippen molar-refractivity contribution >= 4 is 5.97 Å². The molecule has 0 amide bonds. The Bertz CT molecular complexity index is 268. The van der Waals surface area contributed by atoms with Crippen LogP contribution in [0.1, 0.15) is 17.3 Å². The van der Waals surface area contributed by atoms with E-state index < -0.39 is 5.97 Å². The van der Waals surface area contributed by atoms with E-state index in [-0.39, 0.29) is 11.4 Å². The van der Waals surface area contributed by atoms with Gasteiger partial charge in [0.1, 0.15) is 6.26 Å². The van der Waals surface area contributed by atoms with Gasteiger partial charge in [0.25, 0.3) is 5.88 Å². The van der Waals surface area contributed by atoms with Crippen LogP contribution in [0.5, 0.6) is 5.88 Å². The predicted octanol–water partition coefficient (Wildman–Crippen LogP) is 0.860. The fourth-order valence-corrected chi connectivity index (χ4v) is 0.718. The molecular formula is C7H9NO4. The number of ether oxygens (including phenoxy) is 2. The van der Waals surface area contributed by atoms with E-state index in [1.54, 1.807) is 6.92 Å². The van der Waals surface area contributed by atoms with E-state index in [1.165, 1.54) is 13.4 Å². The van der Waals surface area contributed by atoms with Gasteiger partial charge in [0.15, 0.2) is 5.56 Å². The van der Waals surface area contributed by atoms with Crippen molar-refractivity contribution in [2.45, 2.75) is 6.92 Å². The Morgan fingerprint density at radius 2 is 2.50 bits per heavy atom. The number of rotatable bonds is 3. The van der Waals surface area contributed by atoms with Gasteiger partial charge in [0.2, 0.25) is 0 Å². The van der Waals surface area contributed by atoms with Gasteiger partial charge < -0.3 is 14.0 Å². The Hall–Kier alpha value is -1.52. The second-order valence-electron chi connectivity index (χ2n) is 1.96. The molecule has 5 nitrogen and oxygen atoms in total. The lowest BCUT2D eigenvalue weighted by Crippen LogP contribution is -2.04. The van der Waals surface area contributed by atoms with Gasteiger partial charge in [-0.2, -0.15) is 0 Å². The lowest BCUT2D eigenvalue weighted by Gasteiger charge is -1.98. The van der Waals surface area contributed by atoms with Crippen LogP contribution in [-0.2, 0) is 4.74 Å². The van der Waals surface area contributed by atoms with Crippen LogP contribution < -0.4 is 4.74 Å². The van der Waals surface area contributed by atoms with Gasteiger partial charge in [-0.15, -0.1) is 0 Å². The maximum atomic E-state index is 11.1. The first-order valence-electron chi connectivity index (χ1n) is 3.45. The van der Waals surface area contributed by atoms with Crippen molar-refractivity contribution < 1.29 is 18.8 Å². The molecule has 66 valence electrons. The summed E-state index contributed by atoms with van der Waals surface area (Å²) in [6, 6.07) is 0. The van der Waals surface area contributed by atoms with Crippen molar-refractivity contribution in [3.05, 3.63) is 11.8 Å². The molecule has 0 bridgehead atoms. The Morgan fingerprint density at radius 3 is 3.08 bits per heavy atom. The van der Waals surface area contributed by atoms with Crippen molar-refractivity contribution in [3.8, 4) is 5.88 Å². The number of nitrogens with zero attached hydrogens (tertiary/aromatic N) is 1. The van der Waals surface area contributed by atoms with Crippen LogP contribution in [0, 0.1) is 0 Å². The zero-order valence-electron chi connectivity index (χ0n) is 6.86. The molecule has 0 atom stereocenters. The van der Waals surface area contributed by atoms with Gasteiger partial charge >= 0.3 is 5.97 Å². The fourth-order valence-electron chi connectivity index (χ4n) is 0.718. The highest BCUT2D eigenvalue weighted by molar-refractivity contribution is 5.91. The first-order chi connectivity index (χ1) is 5.79. The number of carbonyl (C=O) groups is 1. The Labute approximate surface area is 69.2 Å². The zero-order chi connectivity index (χ0) is 8.97. The molecule has 0 aromatic carbocycles. The van der Waals surface area contributed by atoms with Crippen molar-refractivity contribution in [2.24, 2.45) is 0 Å². The minimum Gasteiger partial charge on any atom is -0.478 e. The number of hydrogen-bond acceptors (Lipinski definition) is 5. The molecular weight excluding hydrogens is 162 g/mol. The summed E-state index contributed by atoms with van der Waals surface area (Å²) < 4.78 is 14.0. The van der Waals surface area contributed by atoms with Gasteiger partial charge in [0, 0.05) is 0 Å². The third-order valence-electron chi connectivity index (χ3n) is 1.23. The molecule has 1 aromatic heterocycles. The molecule has 0 aliphatic heterocycles. The number of aromatic nitrogens is 1. The maximum Gasteiger partial charge on any atom is 0.347 e. The summed E-state index contributed by atoms with van der Waals surface area (Å²) in [4.78, 5) is 11.1. The largest absolute Gasteiger partial charge is 0.478 e. The summed E-state index contributed by atoms with van der Waals surface area (Å²) in [5, 5.41) is 3.44. The van der Waals surface area contributed by atoms with Gasteiger partial charge in [-0.1, -0.05) is 0 Å². The highest BCUT2D eigenvalue weighted by Gasteiger charge is 2.16. The number of methoxy groups -OCH3 is 1. The van der Waals surface area contributed by atoms with Crippen LogP contribution >= 0.6 is 0 Å². The summed E-state index contributed by atoms with van der Waals surface area (Å²) >= 11 is 0. The van der Waals surface area contributed by atoms with E-state index in [0.717, 1.165) is 0 Å². The van der Waals surface area contributed by atoms with Gasteiger partial charge in [-0.05, 0) is 12.1 Å². The van der Waals surface area contributed by atoms with Crippen LogP contribution in [0.3, 0.4) is 0 Å². The lowest BCUT2D eigenvalue weighted by molar-refractivity contribution is 0.0522. The molecule has 0 N–H and O–H groups in total. The smallest absolute Gasteiger partial charge is 0.347 e. The third kappa shape index (κ3) is 1.55. The van der Waals surface area contributed by atoms with E-state index in [0.29, 0.717) is 6.61 Å². The third-order valence-corrected chi connectivity index (χ3v) is 1.23. The second kappa shape index (κ2) is 3.75. The van der Waals surface area contributed by atoms with Gasteiger partial charge in [-0.3, -0.25) is 0 Å². The Morgan fingerprint density at radius 1 is 1.75 bits per heavy atom. The van der Waals surface area contributed by atoms with E-state index >= 15 is 0 Å². The van der Waals surface area contributed by atoms with E-state index in [1.807, 2.05) is 0 Å². The number of carbonyl (C=O) groups excluding carboxylic acids is 1. The molecule has 0 saturated carbocycles. The number of esters is 1. The standard InChI is InChI=1S/C7H9NO4/c1-3-11-7(9)5-4-12-8-6(5)10-2/h4H,3H2,1-2H3. The predicted molar refractivity (Wildman–Crippen MR) is 39.0 cm³/mol. The molecule has 0 unspecified atom stereocenters. The van der Waals surface area contributed by atoms with E-state index in [4.69, 9.17) is 9.47 Å². The average Bonchev–Trinajstić information content (AvgIpc) is 2.51. The first kappa shape index (κ1) is 8.58. The van der Waals surface area contributed by atoms with Gasteiger partial charge in [0.05, 0.1) is 13.7 Å². The molecule has 1 heterocycles. The number of hydrogen-bond donors (Lipinski definition) is 0. The van der Waals surface area contributed by atoms with E-state index in [9.17, 15) is 4.79 Å². The highest BCUT2D eigenvalue weighted by atomic mass is 16.5. The topological polar surface area (TPSA) is 61.6 Å². The molecule has 0 spiro atoms. The maximum absolute atomic E-state index is 11.1. The molecule has 5 heteroatoms. The Balaban J connectivity index is 2.79. The summed E-state index contributed by atoms with van der Waals surface area (Å²) in [6.45, 7) is 2.03. The minimum absolute atomic E-state index is 0.147. The molecule has 12 heavy (non-hydrogen) atoms. The van der Waals surface area contributed by atoms with Crippen molar-refractivity contribution in [1.82, 2.24) is 5.16 Å². The summed E-state index contributed by atoms with van der Waals surface area (Å²) in [5.41, 5.74) is 0.208. The molecule has 0 fully saturated rings. The quantitative estimate of drug-likeness (QED) is 0.631. The molecule has 1 aromatic rings. The summed E-state index contributed by atoms with van der Waals surface area (Å²) in [6.07, 6.45) is 1.19. The van der Waals surface area contributed by atoms with Crippen LogP contribution in [0.2, 0.25) is 0 Å². The van der Waals surface area contributed by atoms with Gasteiger partial charge in [-0.25, -0.2) is 4.79 Å². The van der Waals surface area contributed by atoms with Crippen LogP contribution in [0.25, 0.3) is 0 Å². The van der Waals surface area contributed by atoms with Crippen molar-refractivity contribution in [1.29, 1.82) is 0 Å². The summed E-state index contributed by atoms with van der Waals surface area (Å²) in [7, 11) is 1.40. The van der Waals surface area contributed by atoms with Crippen LogP contribution in [-0.4, -0.2) is 24.8 Å². The minimum atomic E-state index is -0.490. The Kier molecular flexibility index (Phi) is 2.68. The SMILES string of the molecule is CCOC(=O)c1conc1OC. The molecule has 0 aliphatic rings. The zero-order valence-corrected chi connectivity index (χ0v) is 6.86. The van der Waals surface area contributed by atoms with Crippen LogP contribution in [0.4, 0.5) is 0 Å². The van der Waals surface area contributed by atoms with E-state index in [2.05, 4.69) is 9.68 Å². The lowest BCUT2D eigenvalue weighted by atomic mass is 10.3. The van der Waals surface area contributed by atoms with Crippen molar-refractivity contribution in [3.63, 3.8) is 0 Å². The first-order valence-corrected chi connectivity index (χ1v) is 3.45. The monoisotopic (exact) mass is 171 g/mol.